The number of hydrogen-bond donors (Lipinski definition) is 1. The molecule has 2 aromatic rings. The highest BCUT2D eigenvalue weighted by molar-refractivity contribution is 6.21. The van der Waals surface area contributed by atoms with Gasteiger partial charge in [-0.1, -0.05) is 24.3 Å². The highest BCUT2D eigenvalue weighted by Gasteiger charge is 2.11. The minimum Gasteiger partial charge on any atom is -0.349 e. The van der Waals surface area contributed by atoms with E-state index in [1.54, 1.807) is 6.20 Å². The minimum atomic E-state index is -0.0163. The van der Waals surface area contributed by atoms with Crippen molar-refractivity contribution >= 4 is 11.6 Å². The van der Waals surface area contributed by atoms with Gasteiger partial charge in [0.1, 0.15) is 5.82 Å². The zero-order chi connectivity index (χ0) is 10.7. The minimum absolute atomic E-state index is 0.0163. The average Bonchev–Trinajstić information content (AvgIpc) is 2.71. The number of benzene rings is 1. The summed E-state index contributed by atoms with van der Waals surface area (Å²) in [5.41, 5.74) is 2.40. The Bertz CT molecular complexity index is 423. The quantitative estimate of drug-likeness (QED) is 0.791. The molecule has 2 rings (SSSR count). The highest BCUT2D eigenvalue weighted by atomic mass is 35.5. The lowest BCUT2D eigenvalue weighted by Gasteiger charge is -2.10. The van der Waals surface area contributed by atoms with Gasteiger partial charge in [0.15, 0.2) is 0 Å². The molecule has 0 amide bonds. The van der Waals surface area contributed by atoms with Crippen LogP contribution in [0, 0.1) is 6.92 Å². The monoisotopic (exact) mass is 220 g/mol. The van der Waals surface area contributed by atoms with Crippen LogP contribution >= 0.6 is 11.6 Å². The van der Waals surface area contributed by atoms with Gasteiger partial charge in [0.25, 0.3) is 0 Å². The number of aromatic amines is 1. The predicted octanol–water partition coefficient (Wildman–Crippen LogP) is 3.24. The summed E-state index contributed by atoms with van der Waals surface area (Å²) in [7, 11) is 0. The molecule has 0 spiro atoms. The van der Waals surface area contributed by atoms with Gasteiger partial charge in [-0.3, -0.25) is 0 Å². The fourth-order valence-electron chi connectivity index (χ4n) is 1.63. The van der Waals surface area contributed by atoms with Crippen LogP contribution < -0.4 is 0 Å². The molecule has 1 aromatic carbocycles. The van der Waals surface area contributed by atoms with E-state index < -0.39 is 0 Å². The van der Waals surface area contributed by atoms with Crippen LogP contribution in [0.1, 0.15) is 22.3 Å². The first-order valence-corrected chi connectivity index (χ1v) is 5.39. The largest absolute Gasteiger partial charge is 0.349 e. The van der Waals surface area contributed by atoms with Gasteiger partial charge in [-0.25, -0.2) is 4.98 Å². The molecule has 1 atom stereocenters. The highest BCUT2D eigenvalue weighted by Crippen LogP contribution is 2.26. The Balaban J connectivity index is 2.15. The van der Waals surface area contributed by atoms with E-state index in [4.69, 9.17) is 11.6 Å². The topological polar surface area (TPSA) is 28.7 Å². The van der Waals surface area contributed by atoms with E-state index in [0.29, 0.717) is 0 Å². The Morgan fingerprint density at radius 1 is 1.40 bits per heavy atom. The van der Waals surface area contributed by atoms with Crippen LogP contribution in [-0.2, 0) is 6.42 Å². The van der Waals surface area contributed by atoms with Crippen molar-refractivity contribution in [2.75, 3.05) is 0 Å². The van der Waals surface area contributed by atoms with Crippen molar-refractivity contribution in [1.82, 2.24) is 9.97 Å². The summed E-state index contributed by atoms with van der Waals surface area (Å²) in [5.74, 6) is 0.929. The molecule has 1 heterocycles. The number of aromatic nitrogens is 2. The lowest BCUT2D eigenvalue weighted by atomic mass is 10.0. The van der Waals surface area contributed by atoms with E-state index in [-0.39, 0.29) is 5.38 Å². The molecule has 78 valence electrons. The summed E-state index contributed by atoms with van der Waals surface area (Å²) in [6, 6.07) is 8.18. The number of nitrogens with one attached hydrogen (secondary N) is 1. The van der Waals surface area contributed by atoms with Crippen molar-refractivity contribution in [2.24, 2.45) is 0 Å². The second-order valence-electron chi connectivity index (χ2n) is 3.56. The van der Waals surface area contributed by atoms with E-state index in [2.05, 4.69) is 29.0 Å². The summed E-state index contributed by atoms with van der Waals surface area (Å²) in [6.07, 6.45) is 4.30. The van der Waals surface area contributed by atoms with E-state index in [0.717, 1.165) is 12.2 Å². The van der Waals surface area contributed by atoms with Crippen molar-refractivity contribution in [1.29, 1.82) is 0 Å². The number of aryl methyl sites for hydroxylation is 1. The van der Waals surface area contributed by atoms with Crippen LogP contribution in [0.4, 0.5) is 0 Å². The first-order chi connectivity index (χ1) is 7.27. The van der Waals surface area contributed by atoms with Crippen LogP contribution in [0.2, 0.25) is 0 Å². The SMILES string of the molecule is Cc1ccccc1C(Cl)Cc1ncc[nH]1. The van der Waals surface area contributed by atoms with Crippen LogP contribution in [0.5, 0.6) is 0 Å². The van der Waals surface area contributed by atoms with Gasteiger partial charge in [-0.15, -0.1) is 11.6 Å². The molecular weight excluding hydrogens is 208 g/mol. The molecule has 3 heteroatoms. The fourth-order valence-corrected chi connectivity index (χ4v) is 2.02. The Labute approximate surface area is 94.3 Å². The molecule has 0 bridgehead atoms. The number of halogens is 1. The van der Waals surface area contributed by atoms with Crippen LogP contribution in [-0.4, -0.2) is 9.97 Å². The third-order valence-corrected chi connectivity index (χ3v) is 2.84. The normalized spacial score (nSPS) is 12.7. The molecule has 0 radical (unpaired) electrons. The first kappa shape index (κ1) is 10.2. The van der Waals surface area contributed by atoms with E-state index in [1.807, 2.05) is 18.3 Å². The van der Waals surface area contributed by atoms with E-state index >= 15 is 0 Å². The zero-order valence-electron chi connectivity index (χ0n) is 8.57. The second-order valence-corrected chi connectivity index (χ2v) is 4.09. The van der Waals surface area contributed by atoms with Crippen LogP contribution in [0.3, 0.4) is 0 Å². The van der Waals surface area contributed by atoms with Gasteiger partial charge in [0, 0.05) is 18.8 Å². The predicted molar refractivity (Wildman–Crippen MR) is 62.1 cm³/mol. The Hall–Kier alpha value is -1.28. The van der Waals surface area contributed by atoms with Crippen molar-refractivity contribution < 1.29 is 0 Å². The third kappa shape index (κ3) is 2.39. The Kier molecular flexibility index (Phi) is 3.07. The molecule has 0 saturated heterocycles. The number of imidazole rings is 1. The summed E-state index contributed by atoms with van der Waals surface area (Å²) in [5, 5.41) is -0.0163. The maximum Gasteiger partial charge on any atom is 0.107 e. The molecule has 1 aromatic heterocycles. The summed E-state index contributed by atoms with van der Waals surface area (Å²) >= 11 is 6.34. The molecule has 2 nitrogen and oxygen atoms in total. The van der Waals surface area contributed by atoms with Gasteiger partial charge in [0.2, 0.25) is 0 Å². The molecule has 1 N–H and O–H groups in total. The number of alkyl halides is 1. The van der Waals surface area contributed by atoms with Gasteiger partial charge in [0.05, 0.1) is 5.38 Å². The van der Waals surface area contributed by atoms with E-state index in [1.165, 1.54) is 11.1 Å². The van der Waals surface area contributed by atoms with Gasteiger partial charge >= 0.3 is 0 Å². The number of nitrogens with zero attached hydrogens (tertiary/aromatic N) is 1. The lowest BCUT2D eigenvalue weighted by Crippen LogP contribution is -1.99. The standard InChI is InChI=1S/C12H13ClN2/c1-9-4-2-3-5-10(9)11(13)8-12-14-6-7-15-12/h2-7,11H,8H2,1H3,(H,14,15). The lowest BCUT2D eigenvalue weighted by molar-refractivity contribution is 0.849. The molecule has 1 unspecified atom stereocenters. The summed E-state index contributed by atoms with van der Waals surface area (Å²) in [4.78, 5) is 7.23. The number of H-pyrrole nitrogens is 1. The van der Waals surface area contributed by atoms with Crippen molar-refractivity contribution in [3.63, 3.8) is 0 Å². The van der Waals surface area contributed by atoms with Crippen molar-refractivity contribution in [3.05, 3.63) is 53.6 Å². The number of rotatable bonds is 3. The van der Waals surface area contributed by atoms with E-state index in [9.17, 15) is 0 Å². The molecule has 0 aliphatic carbocycles. The zero-order valence-corrected chi connectivity index (χ0v) is 9.33. The van der Waals surface area contributed by atoms with Crippen molar-refractivity contribution in [3.8, 4) is 0 Å². The molecule has 0 aliphatic rings. The maximum absolute atomic E-state index is 6.34. The van der Waals surface area contributed by atoms with Gasteiger partial charge in [-0.05, 0) is 18.1 Å². The molecule has 0 aliphatic heterocycles. The molecule has 0 saturated carbocycles. The Morgan fingerprint density at radius 2 is 2.20 bits per heavy atom. The smallest absolute Gasteiger partial charge is 0.107 e. The number of hydrogen-bond acceptors (Lipinski definition) is 1. The summed E-state index contributed by atoms with van der Waals surface area (Å²) in [6.45, 7) is 2.08. The molecule has 15 heavy (non-hydrogen) atoms. The van der Waals surface area contributed by atoms with Gasteiger partial charge < -0.3 is 4.98 Å². The Morgan fingerprint density at radius 3 is 2.87 bits per heavy atom. The second kappa shape index (κ2) is 4.49. The maximum atomic E-state index is 6.34. The van der Waals surface area contributed by atoms with Crippen LogP contribution in [0.25, 0.3) is 0 Å². The fraction of sp³-hybridized carbons (Fsp3) is 0.250. The van der Waals surface area contributed by atoms with Crippen molar-refractivity contribution in [2.45, 2.75) is 18.7 Å². The third-order valence-electron chi connectivity index (χ3n) is 2.45. The molecular formula is C12H13ClN2. The first-order valence-electron chi connectivity index (χ1n) is 4.95. The van der Waals surface area contributed by atoms with Gasteiger partial charge in [-0.2, -0.15) is 0 Å². The average molecular weight is 221 g/mol. The molecule has 0 fully saturated rings. The van der Waals surface area contributed by atoms with Crippen LogP contribution in [0.15, 0.2) is 36.7 Å². The summed E-state index contributed by atoms with van der Waals surface area (Å²) < 4.78 is 0.